The van der Waals surface area contributed by atoms with Crippen molar-refractivity contribution in [2.75, 3.05) is 31.1 Å². The molecule has 2 aromatic heterocycles. The largest absolute Gasteiger partial charge is 0.353 e. The number of aromatic nitrogens is 3. The predicted octanol–water partition coefficient (Wildman–Crippen LogP) is 4.78. The van der Waals surface area contributed by atoms with Crippen molar-refractivity contribution in [2.45, 2.75) is 19.8 Å². The number of rotatable bonds is 4. The molecule has 0 atom stereocenters. The maximum Gasteiger partial charge on any atom is 0.254 e. The summed E-state index contributed by atoms with van der Waals surface area (Å²) in [4.78, 5) is 31.7. The first-order valence-electron chi connectivity index (χ1n) is 11.4. The third kappa shape index (κ3) is 4.29. The minimum absolute atomic E-state index is 0.0720. The maximum atomic E-state index is 13.5. The lowest BCUT2D eigenvalue weighted by Gasteiger charge is -2.35. The third-order valence-corrected chi connectivity index (χ3v) is 6.12. The molecule has 0 bridgehead atoms. The van der Waals surface area contributed by atoms with Gasteiger partial charge in [0.25, 0.3) is 5.91 Å². The first-order chi connectivity index (χ1) is 16.1. The summed E-state index contributed by atoms with van der Waals surface area (Å²) in [6, 6.07) is 21.8. The van der Waals surface area contributed by atoms with Gasteiger partial charge in [-0.05, 0) is 24.1 Å². The van der Waals surface area contributed by atoms with Crippen LogP contribution in [0.15, 0.2) is 72.9 Å². The zero-order valence-electron chi connectivity index (χ0n) is 19.0. The number of carbonyl (C=O) groups excluding carboxylic acids is 1. The lowest BCUT2D eigenvalue weighted by atomic mass is 10.0. The number of amides is 1. The van der Waals surface area contributed by atoms with Gasteiger partial charge in [0.2, 0.25) is 0 Å². The van der Waals surface area contributed by atoms with E-state index in [0.717, 1.165) is 52.5 Å². The van der Waals surface area contributed by atoms with Gasteiger partial charge in [0.1, 0.15) is 5.82 Å². The molecule has 33 heavy (non-hydrogen) atoms. The Morgan fingerprint density at radius 2 is 1.61 bits per heavy atom. The number of pyridine rings is 1. The lowest BCUT2D eigenvalue weighted by Crippen LogP contribution is -2.49. The van der Waals surface area contributed by atoms with E-state index in [1.54, 1.807) is 6.20 Å². The molecule has 0 aliphatic carbocycles. The maximum absolute atomic E-state index is 13.5. The molecule has 0 N–H and O–H groups in total. The van der Waals surface area contributed by atoms with Crippen LogP contribution in [0.2, 0.25) is 0 Å². The van der Waals surface area contributed by atoms with E-state index in [1.165, 1.54) is 0 Å². The van der Waals surface area contributed by atoms with E-state index in [1.807, 2.05) is 71.6 Å². The fourth-order valence-electron chi connectivity index (χ4n) is 4.23. The number of carbonyl (C=O) groups is 1. The standard InChI is InChI=1S/C27H27N5O/c1-19(2)24-18-22(21-10-6-7-11-23(21)29-24)27(33)32-16-14-31(15-17-32)25-12-13-28-26(30-25)20-8-4-3-5-9-20/h3-13,18-19H,14-17H2,1-2H3. The van der Waals surface area contributed by atoms with E-state index >= 15 is 0 Å². The van der Waals surface area contributed by atoms with Gasteiger partial charge >= 0.3 is 0 Å². The van der Waals surface area contributed by atoms with Crippen molar-refractivity contribution < 1.29 is 4.79 Å². The van der Waals surface area contributed by atoms with Crippen molar-refractivity contribution in [3.8, 4) is 11.4 Å². The van der Waals surface area contributed by atoms with Crippen LogP contribution in [0.25, 0.3) is 22.3 Å². The van der Waals surface area contributed by atoms with E-state index in [9.17, 15) is 4.79 Å². The van der Waals surface area contributed by atoms with Crippen LogP contribution in [0, 0.1) is 0 Å². The molecule has 3 heterocycles. The second-order valence-corrected chi connectivity index (χ2v) is 8.65. The predicted molar refractivity (Wildman–Crippen MR) is 131 cm³/mol. The Balaban J connectivity index is 1.35. The van der Waals surface area contributed by atoms with Crippen LogP contribution in [0.1, 0.15) is 35.8 Å². The Bertz CT molecular complexity index is 1280. The molecule has 0 spiro atoms. The van der Waals surface area contributed by atoms with Crippen LogP contribution < -0.4 is 4.90 Å². The third-order valence-electron chi connectivity index (χ3n) is 6.12. The lowest BCUT2D eigenvalue weighted by molar-refractivity contribution is 0.0748. The van der Waals surface area contributed by atoms with Crippen molar-refractivity contribution in [3.63, 3.8) is 0 Å². The summed E-state index contributed by atoms with van der Waals surface area (Å²) in [5.41, 5.74) is 3.56. The Kier molecular flexibility index (Phi) is 5.73. The number of piperazine rings is 1. The minimum atomic E-state index is 0.0720. The van der Waals surface area contributed by atoms with E-state index in [0.29, 0.717) is 13.1 Å². The number of anilines is 1. The molecule has 5 rings (SSSR count). The summed E-state index contributed by atoms with van der Waals surface area (Å²) < 4.78 is 0. The van der Waals surface area contributed by atoms with E-state index < -0.39 is 0 Å². The number of fused-ring (bicyclic) bond motifs is 1. The minimum Gasteiger partial charge on any atom is -0.353 e. The van der Waals surface area contributed by atoms with Gasteiger partial charge in [0.05, 0.1) is 11.1 Å². The molecule has 2 aromatic carbocycles. The zero-order chi connectivity index (χ0) is 22.8. The highest BCUT2D eigenvalue weighted by molar-refractivity contribution is 6.06. The molecule has 1 aliphatic rings. The Morgan fingerprint density at radius 3 is 2.36 bits per heavy atom. The fourth-order valence-corrected chi connectivity index (χ4v) is 4.23. The molecule has 6 heteroatoms. The molecule has 1 fully saturated rings. The molecule has 0 unspecified atom stereocenters. The molecule has 1 amide bonds. The number of hydrogen-bond donors (Lipinski definition) is 0. The van der Waals surface area contributed by atoms with Gasteiger partial charge in [-0.25, -0.2) is 9.97 Å². The van der Waals surface area contributed by atoms with E-state index in [2.05, 4.69) is 23.7 Å². The molecule has 166 valence electrons. The van der Waals surface area contributed by atoms with Crippen LogP contribution in [-0.4, -0.2) is 51.9 Å². The first kappa shape index (κ1) is 21.1. The van der Waals surface area contributed by atoms with E-state index in [-0.39, 0.29) is 11.8 Å². The van der Waals surface area contributed by atoms with Gasteiger partial charge in [-0.1, -0.05) is 62.4 Å². The van der Waals surface area contributed by atoms with Crippen molar-refractivity contribution >= 4 is 22.6 Å². The quantitative estimate of drug-likeness (QED) is 0.460. The molecule has 0 saturated carbocycles. The summed E-state index contributed by atoms with van der Waals surface area (Å²) >= 11 is 0. The Morgan fingerprint density at radius 1 is 0.879 bits per heavy atom. The molecule has 1 aliphatic heterocycles. The average molecular weight is 438 g/mol. The highest BCUT2D eigenvalue weighted by Gasteiger charge is 2.25. The topological polar surface area (TPSA) is 62.2 Å². The molecular formula is C27H27N5O. The van der Waals surface area contributed by atoms with Crippen molar-refractivity contribution in [2.24, 2.45) is 0 Å². The monoisotopic (exact) mass is 437 g/mol. The normalized spacial score (nSPS) is 14.2. The second-order valence-electron chi connectivity index (χ2n) is 8.65. The molecule has 4 aromatic rings. The van der Waals surface area contributed by atoms with Crippen LogP contribution >= 0.6 is 0 Å². The summed E-state index contributed by atoms with van der Waals surface area (Å²) in [5, 5.41) is 0.914. The SMILES string of the molecule is CC(C)c1cc(C(=O)N2CCN(c3ccnc(-c4ccccc4)n3)CC2)c2ccccc2n1. The molecule has 1 saturated heterocycles. The fraction of sp³-hybridized carbons (Fsp3) is 0.259. The smallest absolute Gasteiger partial charge is 0.254 e. The summed E-state index contributed by atoms with van der Waals surface area (Å²) in [7, 11) is 0. The molecule has 6 nitrogen and oxygen atoms in total. The van der Waals surface area contributed by atoms with Crippen molar-refractivity contribution in [1.82, 2.24) is 19.9 Å². The highest BCUT2D eigenvalue weighted by Crippen LogP contribution is 2.25. The van der Waals surface area contributed by atoms with Gasteiger partial charge in [-0.3, -0.25) is 9.78 Å². The number of para-hydroxylation sites is 1. The van der Waals surface area contributed by atoms with Crippen LogP contribution in [0.4, 0.5) is 5.82 Å². The van der Waals surface area contributed by atoms with Gasteiger partial charge < -0.3 is 9.80 Å². The van der Waals surface area contributed by atoms with Gasteiger partial charge in [0, 0.05) is 49.0 Å². The van der Waals surface area contributed by atoms with Gasteiger partial charge in [0.15, 0.2) is 5.82 Å². The zero-order valence-corrected chi connectivity index (χ0v) is 19.0. The first-order valence-corrected chi connectivity index (χ1v) is 11.4. The van der Waals surface area contributed by atoms with E-state index in [4.69, 9.17) is 9.97 Å². The number of nitrogens with zero attached hydrogens (tertiary/aromatic N) is 5. The van der Waals surface area contributed by atoms with Crippen LogP contribution in [0.5, 0.6) is 0 Å². The Hall–Kier alpha value is -3.80. The number of benzene rings is 2. The molecular weight excluding hydrogens is 410 g/mol. The van der Waals surface area contributed by atoms with Gasteiger partial charge in [-0.2, -0.15) is 0 Å². The average Bonchev–Trinajstić information content (AvgIpc) is 2.88. The Labute approximate surface area is 193 Å². The van der Waals surface area contributed by atoms with Crippen molar-refractivity contribution in [3.05, 3.63) is 84.2 Å². The van der Waals surface area contributed by atoms with Gasteiger partial charge in [-0.15, -0.1) is 0 Å². The van der Waals surface area contributed by atoms with Crippen LogP contribution in [-0.2, 0) is 0 Å². The highest BCUT2D eigenvalue weighted by atomic mass is 16.2. The molecule has 0 radical (unpaired) electrons. The van der Waals surface area contributed by atoms with Crippen molar-refractivity contribution in [1.29, 1.82) is 0 Å². The van der Waals surface area contributed by atoms with Crippen LogP contribution in [0.3, 0.4) is 0 Å². The number of hydrogen-bond acceptors (Lipinski definition) is 5. The second kappa shape index (κ2) is 8.98. The summed E-state index contributed by atoms with van der Waals surface area (Å²) in [6.07, 6.45) is 1.80. The summed E-state index contributed by atoms with van der Waals surface area (Å²) in [5.74, 6) is 1.95. The summed E-state index contributed by atoms with van der Waals surface area (Å²) in [6.45, 7) is 6.98.